The molecule has 3 aromatic rings. The average Bonchev–Trinajstić information content (AvgIpc) is 3.05. The molecule has 0 fully saturated rings. The minimum absolute atomic E-state index is 0.0334. The Labute approximate surface area is 146 Å². The number of nitrogens with one attached hydrogen (secondary N) is 2. The van der Waals surface area contributed by atoms with Gasteiger partial charge in [-0.05, 0) is 42.7 Å². The fourth-order valence-corrected chi connectivity index (χ4v) is 2.98. The molecule has 5 heteroatoms. The number of aliphatic hydroxyl groups is 1. The molecule has 0 aliphatic heterocycles. The number of aliphatic hydroxyl groups excluding tert-OH is 1. The summed E-state index contributed by atoms with van der Waals surface area (Å²) in [6, 6.07) is 13.4. The van der Waals surface area contributed by atoms with Crippen LogP contribution in [-0.2, 0) is 17.8 Å². The predicted octanol–water partition coefficient (Wildman–Crippen LogP) is 3.63. The smallest absolute Gasteiger partial charge is 0.224 e. The summed E-state index contributed by atoms with van der Waals surface area (Å²) in [4.78, 5) is 15.4. The van der Waals surface area contributed by atoms with Gasteiger partial charge in [-0.3, -0.25) is 4.79 Å². The lowest BCUT2D eigenvalue weighted by Crippen LogP contribution is -2.11. The molecule has 0 saturated heterocycles. The number of para-hydroxylation sites is 1. The number of hydrogen-bond acceptors (Lipinski definition) is 3. The quantitative estimate of drug-likeness (QED) is 0.616. The number of amides is 1. The molecular weight excluding hydrogens is 316 g/mol. The van der Waals surface area contributed by atoms with Crippen LogP contribution in [0.2, 0.25) is 0 Å². The lowest BCUT2D eigenvalue weighted by molar-refractivity contribution is -0.116. The van der Waals surface area contributed by atoms with E-state index in [4.69, 9.17) is 4.74 Å². The van der Waals surface area contributed by atoms with Crippen molar-refractivity contribution < 1.29 is 14.6 Å². The van der Waals surface area contributed by atoms with E-state index in [-0.39, 0.29) is 12.5 Å². The van der Waals surface area contributed by atoms with Gasteiger partial charge >= 0.3 is 0 Å². The van der Waals surface area contributed by atoms with Crippen LogP contribution in [0, 0.1) is 0 Å². The second kappa shape index (κ2) is 7.85. The van der Waals surface area contributed by atoms with Crippen LogP contribution in [0.3, 0.4) is 0 Å². The van der Waals surface area contributed by atoms with Crippen molar-refractivity contribution in [1.82, 2.24) is 4.98 Å². The number of rotatable bonds is 7. The molecule has 1 amide bonds. The maximum absolute atomic E-state index is 12.1. The SMILES string of the molecule is COc1ccc(NC(=O)CCCc2c[nH]c3ccccc23)cc1CO. The second-order valence-corrected chi connectivity index (χ2v) is 5.95. The topological polar surface area (TPSA) is 74.3 Å². The Balaban J connectivity index is 1.54. The van der Waals surface area contributed by atoms with E-state index in [2.05, 4.69) is 16.4 Å². The summed E-state index contributed by atoms with van der Waals surface area (Å²) in [5, 5.41) is 13.4. The second-order valence-electron chi connectivity index (χ2n) is 5.95. The number of hydrogen-bond donors (Lipinski definition) is 3. The van der Waals surface area contributed by atoms with Crippen LogP contribution in [0.15, 0.2) is 48.7 Å². The van der Waals surface area contributed by atoms with Crippen molar-refractivity contribution in [2.24, 2.45) is 0 Å². The highest BCUT2D eigenvalue weighted by molar-refractivity contribution is 5.91. The predicted molar refractivity (Wildman–Crippen MR) is 98.8 cm³/mol. The van der Waals surface area contributed by atoms with Crippen LogP contribution in [0.1, 0.15) is 24.0 Å². The molecule has 0 atom stereocenters. The first kappa shape index (κ1) is 17.0. The van der Waals surface area contributed by atoms with E-state index in [0.717, 1.165) is 18.4 Å². The zero-order valence-electron chi connectivity index (χ0n) is 14.2. The molecule has 0 aliphatic carbocycles. The Morgan fingerprint density at radius 3 is 2.84 bits per heavy atom. The van der Waals surface area contributed by atoms with Crippen molar-refractivity contribution in [2.45, 2.75) is 25.9 Å². The van der Waals surface area contributed by atoms with Crippen molar-refractivity contribution in [3.63, 3.8) is 0 Å². The van der Waals surface area contributed by atoms with E-state index in [1.54, 1.807) is 25.3 Å². The number of H-pyrrole nitrogens is 1. The van der Waals surface area contributed by atoms with E-state index in [0.29, 0.717) is 23.4 Å². The molecule has 2 aromatic carbocycles. The van der Waals surface area contributed by atoms with Crippen molar-refractivity contribution in [1.29, 1.82) is 0 Å². The van der Waals surface area contributed by atoms with Gasteiger partial charge in [0.15, 0.2) is 0 Å². The van der Waals surface area contributed by atoms with Crippen molar-refractivity contribution in [3.8, 4) is 5.75 Å². The van der Waals surface area contributed by atoms with Crippen molar-refractivity contribution in [3.05, 3.63) is 59.8 Å². The lowest BCUT2D eigenvalue weighted by atomic mass is 10.1. The first-order valence-corrected chi connectivity index (χ1v) is 8.34. The maximum atomic E-state index is 12.1. The third-order valence-corrected chi connectivity index (χ3v) is 4.26. The fraction of sp³-hybridized carbons (Fsp3) is 0.250. The van der Waals surface area contributed by atoms with Gasteiger partial charge in [0, 0.05) is 34.8 Å². The molecule has 3 N–H and O–H groups in total. The number of anilines is 1. The van der Waals surface area contributed by atoms with Gasteiger partial charge in [0.05, 0.1) is 13.7 Å². The van der Waals surface area contributed by atoms with E-state index < -0.39 is 0 Å². The number of aryl methyl sites for hydroxylation is 1. The Kier molecular flexibility index (Phi) is 5.36. The Morgan fingerprint density at radius 2 is 2.04 bits per heavy atom. The first-order valence-electron chi connectivity index (χ1n) is 8.34. The Hall–Kier alpha value is -2.79. The molecule has 0 aliphatic rings. The summed E-state index contributed by atoms with van der Waals surface area (Å²) in [5.74, 6) is 0.578. The summed E-state index contributed by atoms with van der Waals surface area (Å²) in [6.07, 6.45) is 4.08. The Bertz CT molecular complexity index is 870. The standard InChI is InChI=1S/C20H22N2O3/c1-25-19-10-9-16(11-15(19)13-23)22-20(24)8-4-5-14-12-21-18-7-3-2-6-17(14)18/h2-3,6-7,9-12,21,23H,4-5,8,13H2,1H3,(H,22,24). The van der Waals surface area contributed by atoms with Gasteiger partial charge in [0.1, 0.15) is 5.75 Å². The molecule has 0 unspecified atom stereocenters. The van der Waals surface area contributed by atoms with Crippen molar-refractivity contribution in [2.75, 3.05) is 12.4 Å². The monoisotopic (exact) mass is 338 g/mol. The number of carbonyl (C=O) groups is 1. The van der Waals surface area contributed by atoms with Crippen LogP contribution in [0.5, 0.6) is 5.75 Å². The van der Waals surface area contributed by atoms with E-state index >= 15 is 0 Å². The summed E-state index contributed by atoms with van der Waals surface area (Å²) in [7, 11) is 1.55. The number of ether oxygens (including phenoxy) is 1. The molecule has 3 rings (SSSR count). The molecule has 5 nitrogen and oxygen atoms in total. The van der Waals surface area contributed by atoms with Crippen LogP contribution in [0.4, 0.5) is 5.69 Å². The van der Waals surface area contributed by atoms with Crippen LogP contribution >= 0.6 is 0 Å². The number of methoxy groups -OCH3 is 1. The molecule has 0 bridgehead atoms. The van der Waals surface area contributed by atoms with Gasteiger partial charge in [0.2, 0.25) is 5.91 Å². The molecule has 130 valence electrons. The zero-order valence-corrected chi connectivity index (χ0v) is 14.2. The third kappa shape index (κ3) is 4.00. The summed E-state index contributed by atoms with van der Waals surface area (Å²) < 4.78 is 5.16. The molecule has 0 saturated carbocycles. The lowest BCUT2D eigenvalue weighted by Gasteiger charge is -2.10. The van der Waals surface area contributed by atoms with Crippen LogP contribution in [-0.4, -0.2) is 23.1 Å². The van der Waals surface area contributed by atoms with Gasteiger partial charge in [0.25, 0.3) is 0 Å². The summed E-state index contributed by atoms with van der Waals surface area (Å²) in [6.45, 7) is -0.132. The number of carbonyl (C=O) groups excluding carboxylic acids is 1. The van der Waals surface area contributed by atoms with Gasteiger partial charge < -0.3 is 20.1 Å². The fourth-order valence-electron chi connectivity index (χ4n) is 2.98. The van der Waals surface area contributed by atoms with Gasteiger partial charge in [-0.15, -0.1) is 0 Å². The molecule has 1 heterocycles. The van der Waals surface area contributed by atoms with E-state index in [1.165, 1.54) is 10.9 Å². The van der Waals surface area contributed by atoms with Gasteiger partial charge in [-0.25, -0.2) is 0 Å². The number of aromatic nitrogens is 1. The molecule has 0 radical (unpaired) electrons. The molecule has 0 spiro atoms. The highest BCUT2D eigenvalue weighted by Gasteiger charge is 2.08. The molecular formula is C20H22N2O3. The van der Waals surface area contributed by atoms with Crippen LogP contribution in [0.25, 0.3) is 10.9 Å². The number of fused-ring (bicyclic) bond motifs is 1. The van der Waals surface area contributed by atoms with Gasteiger partial charge in [-0.2, -0.15) is 0 Å². The average molecular weight is 338 g/mol. The molecule has 1 aromatic heterocycles. The third-order valence-electron chi connectivity index (χ3n) is 4.26. The van der Waals surface area contributed by atoms with E-state index in [1.807, 2.05) is 24.4 Å². The van der Waals surface area contributed by atoms with E-state index in [9.17, 15) is 9.90 Å². The summed E-state index contributed by atoms with van der Waals surface area (Å²) in [5.41, 5.74) is 3.67. The van der Waals surface area contributed by atoms with Crippen LogP contribution < -0.4 is 10.1 Å². The summed E-state index contributed by atoms with van der Waals surface area (Å²) >= 11 is 0. The number of benzene rings is 2. The number of aromatic amines is 1. The minimum atomic E-state index is -0.132. The molecule has 25 heavy (non-hydrogen) atoms. The normalized spacial score (nSPS) is 10.8. The first-order chi connectivity index (χ1) is 12.2. The highest BCUT2D eigenvalue weighted by atomic mass is 16.5. The zero-order chi connectivity index (χ0) is 17.6. The minimum Gasteiger partial charge on any atom is -0.496 e. The largest absolute Gasteiger partial charge is 0.496 e. The maximum Gasteiger partial charge on any atom is 0.224 e. The van der Waals surface area contributed by atoms with Gasteiger partial charge in [-0.1, -0.05) is 18.2 Å². The Morgan fingerprint density at radius 1 is 1.20 bits per heavy atom. The highest BCUT2D eigenvalue weighted by Crippen LogP contribution is 2.23. The van der Waals surface area contributed by atoms with Crippen molar-refractivity contribution >= 4 is 22.5 Å².